The molecule has 8 nitrogen and oxygen atoms in total. The first-order chi connectivity index (χ1) is 17.8. The first kappa shape index (κ1) is 26.0. The molecule has 1 saturated heterocycles. The molecule has 190 valence electrons. The summed E-state index contributed by atoms with van der Waals surface area (Å²) in [4.78, 5) is 43.5. The Morgan fingerprint density at radius 1 is 1.05 bits per heavy atom. The summed E-state index contributed by atoms with van der Waals surface area (Å²) in [7, 11) is 1.32. The zero-order chi connectivity index (χ0) is 26.5. The number of thioether (sulfide) groups is 1. The van der Waals surface area contributed by atoms with Crippen molar-refractivity contribution < 1.29 is 28.3 Å². The number of carbonyl (C=O) groups is 3. The highest BCUT2D eigenvalue weighted by Gasteiger charge is 2.32. The van der Waals surface area contributed by atoms with Gasteiger partial charge in [-0.1, -0.05) is 18.2 Å². The van der Waals surface area contributed by atoms with Crippen molar-refractivity contribution in [2.45, 2.75) is 26.9 Å². The summed E-state index contributed by atoms with van der Waals surface area (Å²) in [5, 5.41) is 0.511. The molecule has 0 bridgehead atoms. The molecular formula is C28H26N2O6S. The topological polar surface area (TPSA) is 98.4 Å². The Labute approximate surface area is 219 Å². The normalized spacial score (nSPS) is 15.6. The molecule has 1 fully saturated rings. The molecule has 1 aliphatic rings. The second kappa shape index (κ2) is 11.3. The number of hydrogen-bond donors (Lipinski definition) is 0. The predicted molar refractivity (Wildman–Crippen MR) is 143 cm³/mol. The highest BCUT2D eigenvalue weighted by Crippen LogP contribution is 2.35. The van der Waals surface area contributed by atoms with Gasteiger partial charge in [0.05, 0.1) is 34.9 Å². The van der Waals surface area contributed by atoms with Crippen molar-refractivity contribution in [3.8, 4) is 11.3 Å². The van der Waals surface area contributed by atoms with Gasteiger partial charge >= 0.3 is 11.9 Å². The maximum atomic E-state index is 13.0. The molecular weight excluding hydrogens is 492 g/mol. The Bertz CT molecular complexity index is 1390. The van der Waals surface area contributed by atoms with Gasteiger partial charge in [-0.05, 0) is 75.0 Å². The number of benzene rings is 2. The van der Waals surface area contributed by atoms with Crippen LogP contribution in [0.15, 0.2) is 75.0 Å². The minimum absolute atomic E-state index is 0.179. The molecule has 0 unspecified atom stereocenters. The van der Waals surface area contributed by atoms with E-state index >= 15 is 0 Å². The second-order valence-corrected chi connectivity index (χ2v) is 9.34. The van der Waals surface area contributed by atoms with Crippen molar-refractivity contribution in [2.24, 2.45) is 4.99 Å². The van der Waals surface area contributed by atoms with Gasteiger partial charge in [0.2, 0.25) is 0 Å². The highest BCUT2D eigenvalue weighted by molar-refractivity contribution is 8.18. The molecule has 0 atom stereocenters. The summed E-state index contributed by atoms with van der Waals surface area (Å²) in [6.07, 6.45) is 1.49. The second-order valence-electron chi connectivity index (χ2n) is 8.33. The number of rotatable bonds is 7. The first-order valence-corrected chi connectivity index (χ1v) is 12.5. The fourth-order valence-corrected chi connectivity index (χ4v) is 4.61. The smallest absolute Gasteiger partial charge is 0.338 e. The van der Waals surface area contributed by atoms with Crippen LogP contribution in [0.3, 0.4) is 0 Å². The Morgan fingerprint density at radius 3 is 2.49 bits per heavy atom. The SMILES string of the molecule is CCN1C(=O)C(=Cc2ccc(-c3ccc(C(=O)OC(C)C)cc3)o2)SC1=Nc1cccc(C(=O)OC)c1. The minimum Gasteiger partial charge on any atom is -0.465 e. The lowest BCUT2D eigenvalue weighted by molar-refractivity contribution is -0.122. The molecule has 0 aliphatic carbocycles. The fraction of sp³-hybridized carbons (Fsp3) is 0.214. The lowest BCUT2D eigenvalue weighted by atomic mass is 10.1. The molecule has 2 aromatic carbocycles. The maximum absolute atomic E-state index is 13.0. The van der Waals surface area contributed by atoms with E-state index < -0.39 is 5.97 Å². The number of amidine groups is 1. The van der Waals surface area contributed by atoms with Crippen molar-refractivity contribution in [1.29, 1.82) is 0 Å². The van der Waals surface area contributed by atoms with Gasteiger partial charge in [0, 0.05) is 18.2 Å². The van der Waals surface area contributed by atoms with Gasteiger partial charge in [-0.15, -0.1) is 0 Å². The van der Waals surface area contributed by atoms with E-state index in [0.717, 1.165) is 5.56 Å². The summed E-state index contributed by atoms with van der Waals surface area (Å²) in [6.45, 7) is 5.91. The van der Waals surface area contributed by atoms with E-state index in [9.17, 15) is 14.4 Å². The van der Waals surface area contributed by atoms with Crippen LogP contribution >= 0.6 is 11.8 Å². The molecule has 9 heteroatoms. The Kier molecular flexibility index (Phi) is 7.93. The standard InChI is InChI=1S/C28H26N2O6S/c1-5-30-25(31)24(37-28(30)29-21-8-6-7-20(15-21)26(32)34-4)16-22-13-14-23(36-22)18-9-11-19(12-10-18)27(33)35-17(2)3/h6-17H,5H2,1-4H3. The lowest BCUT2D eigenvalue weighted by Crippen LogP contribution is -2.28. The number of hydrogen-bond acceptors (Lipinski definition) is 8. The van der Waals surface area contributed by atoms with Crippen LogP contribution in [0.1, 0.15) is 47.2 Å². The van der Waals surface area contributed by atoms with Crippen molar-refractivity contribution in [3.63, 3.8) is 0 Å². The van der Waals surface area contributed by atoms with E-state index in [1.54, 1.807) is 79.4 Å². The van der Waals surface area contributed by atoms with Crippen molar-refractivity contribution in [3.05, 3.63) is 82.5 Å². The average Bonchev–Trinajstić information content (AvgIpc) is 3.47. The van der Waals surface area contributed by atoms with Crippen LogP contribution in [-0.2, 0) is 14.3 Å². The third-order valence-electron chi connectivity index (χ3n) is 5.34. The van der Waals surface area contributed by atoms with E-state index in [1.165, 1.54) is 18.9 Å². The molecule has 0 N–H and O–H groups in total. The molecule has 37 heavy (non-hydrogen) atoms. The molecule has 1 aliphatic heterocycles. The molecule has 0 spiro atoms. The number of carbonyl (C=O) groups excluding carboxylic acids is 3. The number of furan rings is 1. The third-order valence-corrected chi connectivity index (χ3v) is 6.35. The van der Waals surface area contributed by atoms with Crippen LogP contribution in [0, 0.1) is 0 Å². The predicted octanol–water partition coefficient (Wildman–Crippen LogP) is 5.92. The summed E-state index contributed by atoms with van der Waals surface area (Å²) < 4.78 is 15.9. The Morgan fingerprint density at radius 2 is 1.81 bits per heavy atom. The van der Waals surface area contributed by atoms with Gasteiger partial charge in [-0.2, -0.15) is 0 Å². The van der Waals surface area contributed by atoms with Gasteiger partial charge in [-0.25, -0.2) is 14.6 Å². The van der Waals surface area contributed by atoms with E-state index in [0.29, 0.717) is 45.0 Å². The molecule has 4 rings (SSSR count). The summed E-state index contributed by atoms with van der Waals surface area (Å²) >= 11 is 1.24. The number of aliphatic imine (C=N–C) groups is 1. The van der Waals surface area contributed by atoms with E-state index in [1.807, 2.05) is 13.0 Å². The van der Waals surface area contributed by atoms with Gasteiger partial charge in [-0.3, -0.25) is 9.69 Å². The van der Waals surface area contributed by atoms with Crippen molar-refractivity contribution in [1.82, 2.24) is 4.90 Å². The summed E-state index contributed by atoms with van der Waals surface area (Å²) in [5.74, 6) is 0.106. The van der Waals surface area contributed by atoms with Crippen LogP contribution in [0.25, 0.3) is 17.4 Å². The van der Waals surface area contributed by atoms with Gasteiger partial charge in [0.1, 0.15) is 11.5 Å². The molecule has 1 amide bonds. The zero-order valence-corrected chi connectivity index (χ0v) is 21.7. The monoisotopic (exact) mass is 518 g/mol. The van der Waals surface area contributed by atoms with E-state index in [-0.39, 0.29) is 18.0 Å². The van der Waals surface area contributed by atoms with Crippen LogP contribution in [0.5, 0.6) is 0 Å². The van der Waals surface area contributed by atoms with Crippen LogP contribution < -0.4 is 0 Å². The number of nitrogens with zero attached hydrogens (tertiary/aromatic N) is 2. The van der Waals surface area contributed by atoms with Gasteiger partial charge in [0.25, 0.3) is 5.91 Å². The number of methoxy groups -OCH3 is 1. The minimum atomic E-state index is -0.455. The quantitative estimate of drug-likeness (QED) is 0.283. The van der Waals surface area contributed by atoms with Crippen LogP contribution in [-0.4, -0.2) is 47.7 Å². The number of ether oxygens (including phenoxy) is 2. The zero-order valence-electron chi connectivity index (χ0n) is 20.9. The third kappa shape index (κ3) is 6.00. The summed E-state index contributed by atoms with van der Waals surface area (Å²) in [6, 6.07) is 17.3. The van der Waals surface area contributed by atoms with E-state index in [2.05, 4.69) is 4.99 Å². The Balaban J connectivity index is 1.54. The molecule has 2 heterocycles. The highest BCUT2D eigenvalue weighted by atomic mass is 32.2. The Hall–Kier alpha value is -4.11. The fourth-order valence-electron chi connectivity index (χ4n) is 3.57. The molecule has 3 aromatic rings. The van der Waals surface area contributed by atoms with Crippen molar-refractivity contribution >= 4 is 46.5 Å². The lowest BCUT2D eigenvalue weighted by Gasteiger charge is -2.12. The van der Waals surface area contributed by atoms with Crippen molar-refractivity contribution in [2.75, 3.05) is 13.7 Å². The van der Waals surface area contributed by atoms with Gasteiger partial charge < -0.3 is 13.9 Å². The number of likely N-dealkylation sites (N-methyl/N-ethyl adjacent to an activating group) is 1. The maximum Gasteiger partial charge on any atom is 0.338 e. The van der Waals surface area contributed by atoms with Crippen LogP contribution in [0.4, 0.5) is 5.69 Å². The first-order valence-electron chi connectivity index (χ1n) is 11.7. The van der Waals surface area contributed by atoms with E-state index in [4.69, 9.17) is 13.9 Å². The van der Waals surface area contributed by atoms with Gasteiger partial charge in [0.15, 0.2) is 5.17 Å². The molecule has 1 aromatic heterocycles. The number of amides is 1. The number of esters is 2. The molecule has 0 radical (unpaired) electrons. The van der Waals surface area contributed by atoms with Crippen LogP contribution in [0.2, 0.25) is 0 Å². The largest absolute Gasteiger partial charge is 0.465 e. The average molecular weight is 519 g/mol. The molecule has 0 saturated carbocycles. The summed E-state index contributed by atoms with van der Waals surface area (Å²) in [5.41, 5.74) is 2.17.